The molecule has 0 amide bonds. The van der Waals surface area contributed by atoms with Crippen LogP contribution in [0.1, 0.15) is 51.7 Å². The number of rotatable bonds is 5. The molecular weight excluding hydrogens is 755 g/mol. The molecule has 0 fully saturated rings. The molecule has 0 radical (unpaired) electrons. The van der Waals surface area contributed by atoms with E-state index in [0.717, 1.165) is 73.5 Å². The normalized spacial score (nSPS) is 14.6. The summed E-state index contributed by atoms with van der Waals surface area (Å²) in [6.45, 7) is 9.67. The summed E-state index contributed by atoms with van der Waals surface area (Å²) in [5, 5.41) is 7.09. The van der Waals surface area contributed by atoms with E-state index in [0.29, 0.717) is 17.6 Å². The predicted molar refractivity (Wildman–Crippen MR) is 258 cm³/mol. The molecule has 0 saturated heterocycles. The monoisotopic (exact) mass is 799 g/mol. The number of para-hydroxylation sites is 2. The van der Waals surface area contributed by atoms with Crippen molar-refractivity contribution in [3.05, 3.63) is 187 Å². The Balaban J connectivity index is 1.21. The van der Waals surface area contributed by atoms with Crippen LogP contribution in [-0.4, -0.2) is 24.1 Å². The van der Waals surface area contributed by atoms with Gasteiger partial charge in [-0.15, -0.1) is 0 Å². The van der Waals surface area contributed by atoms with Gasteiger partial charge in [-0.1, -0.05) is 161 Å². The molecular formula is C57H45N5. The van der Waals surface area contributed by atoms with Crippen molar-refractivity contribution in [1.82, 2.24) is 24.1 Å². The van der Waals surface area contributed by atoms with Gasteiger partial charge < -0.3 is 4.57 Å². The molecule has 1 aliphatic carbocycles. The number of benzene rings is 8. The van der Waals surface area contributed by atoms with Crippen molar-refractivity contribution in [3.63, 3.8) is 0 Å². The van der Waals surface area contributed by atoms with E-state index in [1.54, 1.807) is 0 Å². The Hall–Kier alpha value is -7.37. The lowest BCUT2D eigenvalue weighted by molar-refractivity contribution is 0.332. The van der Waals surface area contributed by atoms with E-state index < -0.39 is 0 Å². The van der Waals surface area contributed by atoms with Gasteiger partial charge in [-0.25, -0.2) is 4.98 Å². The number of hydrogen-bond donors (Lipinski definition) is 0. The van der Waals surface area contributed by atoms with Gasteiger partial charge in [0.25, 0.3) is 0 Å². The molecule has 8 aromatic carbocycles. The fourth-order valence-electron chi connectivity index (χ4n) is 10.2. The highest BCUT2D eigenvalue weighted by molar-refractivity contribution is 6.24. The van der Waals surface area contributed by atoms with Crippen LogP contribution in [0, 0.1) is 0 Å². The van der Waals surface area contributed by atoms with Crippen LogP contribution >= 0.6 is 0 Å². The SMILES string of the molecule is CC1(C)CCC(C)(C)c2cc3c(cc21)c1ccc2c4ccccc4n(-c4nc(-c5cccc(-c6ccccc6)c5)nc(-c5ccc6ccccc6c5)n4)c2c1n3-c1ccccc1. The molecule has 1 aliphatic rings. The van der Waals surface area contributed by atoms with Crippen LogP contribution in [0.3, 0.4) is 0 Å². The summed E-state index contributed by atoms with van der Waals surface area (Å²) in [6, 6.07) is 63.2. The fraction of sp³-hybridized carbons (Fsp3) is 0.140. The maximum Gasteiger partial charge on any atom is 0.238 e. The summed E-state index contributed by atoms with van der Waals surface area (Å²) in [4.78, 5) is 16.2. The highest BCUT2D eigenvalue weighted by Gasteiger charge is 2.38. The lowest BCUT2D eigenvalue weighted by atomic mass is 9.63. The first-order chi connectivity index (χ1) is 30.2. The van der Waals surface area contributed by atoms with Crippen molar-refractivity contribution in [2.75, 3.05) is 0 Å². The zero-order chi connectivity index (χ0) is 41.7. The van der Waals surface area contributed by atoms with Gasteiger partial charge in [-0.2, -0.15) is 9.97 Å². The van der Waals surface area contributed by atoms with E-state index >= 15 is 0 Å². The predicted octanol–water partition coefficient (Wildman–Crippen LogP) is 14.6. The van der Waals surface area contributed by atoms with E-state index in [4.69, 9.17) is 15.0 Å². The van der Waals surface area contributed by atoms with Crippen LogP contribution in [0.2, 0.25) is 0 Å². The molecule has 0 aliphatic heterocycles. The van der Waals surface area contributed by atoms with Crippen molar-refractivity contribution in [2.45, 2.75) is 51.4 Å². The summed E-state index contributed by atoms with van der Waals surface area (Å²) in [5.74, 6) is 1.82. The summed E-state index contributed by atoms with van der Waals surface area (Å²) in [5.41, 5.74) is 12.7. The molecule has 0 atom stereocenters. The minimum atomic E-state index is 0.0551. The Morgan fingerprint density at radius 2 is 0.968 bits per heavy atom. The maximum absolute atomic E-state index is 5.46. The Morgan fingerprint density at radius 3 is 1.73 bits per heavy atom. The molecule has 3 aromatic heterocycles. The lowest BCUT2D eigenvalue weighted by Crippen LogP contribution is -2.33. The molecule has 3 heterocycles. The molecule has 0 N–H and O–H groups in total. The highest BCUT2D eigenvalue weighted by Crippen LogP contribution is 2.50. The average Bonchev–Trinajstić information content (AvgIpc) is 3.83. The second-order valence-corrected chi connectivity index (χ2v) is 18.4. The zero-order valence-corrected chi connectivity index (χ0v) is 35.4. The number of nitrogens with zero attached hydrogens (tertiary/aromatic N) is 5. The van der Waals surface area contributed by atoms with Crippen LogP contribution in [-0.2, 0) is 10.8 Å². The number of fused-ring (bicyclic) bond motifs is 9. The van der Waals surface area contributed by atoms with Gasteiger partial charge in [0.1, 0.15) is 0 Å². The lowest BCUT2D eigenvalue weighted by Gasteiger charge is -2.42. The Morgan fingerprint density at radius 1 is 0.387 bits per heavy atom. The molecule has 62 heavy (non-hydrogen) atoms. The van der Waals surface area contributed by atoms with E-state index in [1.165, 1.54) is 32.8 Å². The minimum Gasteiger partial charge on any atom is -0.307 e. The van der Waals surface area contributed by atoms with Crippen LogP contribution in [0.25, 0.3) is 99.9 Å². The van der Waals surface area contributed by atoms with Crippen molar-refractivity contribution in [2.24, 2.45) is 0 Å². The summed E-state index contributed by atoms with van der Waals surface area (Å²) in [6.07, 6.45) is 2.31. The van der Waals surface area contributed by atoms with Crippen LogP contribution in [0.4, 0.5) is 0 Å². The Kier molecular flexibility index (Phi) is 7.98. The topological polar surface area (TPSA) is 48.5 Å². The quantitative estimate of drug-likeness (QED) is 0.174. The van der Waals surface area contributed by atoms with Crippen molar-refractivity contribution < 1.29 is 0 Å². The first kappa shape index (κ1) is 36.5. The van der Waals surface area contributed by atoms with Crippen LogP contribution in [0.15, 0.2) is 176 Å². The largest absolute Gasteiger partial charge is 0.307 e. The summed E-state index contributed by atoms with van der Waals surface area (Å²) < 4.78 is 4.80. The zero-order valence-electron chi connectivity index (χ0n) is 35.4. The third-order valence-corrected chi connectivity index (χ3v) is 13.6. The van der Waals surface area contributed by atoms with Gasteiger partial charge in [0.05, 0.1) is 22.1 Å². The molecule has 0 bridgehead atoms. The van der Waals surface area contributed by atoms with Gasteiger partial charge in [0.2, 0.25) is 5.95 Å². The average molecular weight is 800 g/mol. The second kappa shape index (κ2) is 13.6. The van der Waals surface area contributed by atoms with E-state index in [1.807, 2.05) is 0 Å². The minimum absolute atomic E-state index is 0.0551. The summed E-state index contributed by atoms with van der Waals surface area (Å²) >= 11 is 0. The van der Waals surface area contributed by atoms with Crippen molar-refractivity contribution in [3.8, 4) is 45.5 Å². The third kappa shape index (κ3) is 5.65. The smallest absolute Gasteiger partial charge is 0.238 e. The molecule has 5 nitrogen and oxygen atoms in total. The third-order valence-electron chi connectivity index (χ3n) is 13.6. The molecule has 0 spiro atoms. The van der Waals surface area contributed by atoms with Crippen molar-refractivity contribution >= 4 is 54.4 Å². The van der Waals surface area contributed by atoms with Gasteiger partial charge in [-0.3, -0.25) is 4.57 Å². The number of hydrogen-bond acceptors (Lipinski definition) is 3. The van der Waals surface area contributed by atoms with E-state index in [2.05, 4.69) is 213 Å². The first-order valence-corrected chi connectivity index (χ1v) is 21.7. The fourth-order valence-corrected chi connectivity index (χ4v) is 10.2. The standard InChI is InChI=1S/C57H45N5/c1-56(2)30-31-57(3,4)48-35-50-46(34-47(48)56)45-29-28-44-43-24-13-14-25-49(43)62(52(44)51(45)61(50)42-22-9-6-10-23-42)55-59-53(40-21-15-20-39(32-40)36-16-7-5-8-17-36)58-54(60-55)41-27-26-37-18-11-12-19-38(37)33-41/h5-29,32-35H,30-31H2,1-4H3. The Bertz CT molecular complexity index is 3570. The van der Waals surface area contributed by atoms with Gasteiger partial charge in [0, 0.05) is 38.4 Å². The summed E-state index contributed by atoms with van der Waals surface area (Å²) in [7, 11) is 0. The second-order valence-electron chi connectivity index (χ2n) is 18.4. The molecule has 0 unspecified atom stereocenters. The highest BCUT2D eigenvalue weighted by atomic mass is 15.2. The van der Waals surface area contributed by atoms with E-state index in [9.17, 15) is 0 Å². The van der Waals surface area contributed by atoms with Gasteiger partial charge >= 0.3 is 0 Å². The molecule has 11 aromatic rings. The van der Waals surface area contributed by atoms with E-state index in [-0.39, 0.29) is 10.8 Å². The molecule has 5 heteroatoms. The number of aromatic nitrogens is 5. The van der Waals surface area contributed by atoms with Crippen LogP contribution < -0.4 is 0 Å². The van der Waals surface area contributed by atoms with Crippen molar-refractivity contribution in [1.29, 1.82) is 0 Å². The van der Waals surface area contributed by atoms with Gasteiger partial charge in [-0.05, 0) is 99.2 Å². The molecule has 12 rings (SSSR count). The van der Waals surface area contributed by atoms with Crippen LogP contribution in [0.5, 0.6) is 0 Å². The molecule has 298 valence electrons. The first-order valence-electron chi connectivity index (χ1n) is 21.7. The Labute approximate surface area is 361 Å². The van der Waals surface area contributed by atoms with Gasteiger partial charge in [0.15, 0.2) is 11.6 Å². The maximum atomic E-state index is 5.46. The molecule has 0 saturated carbocycles.